The first-order valence-electron chi connectivity index (χ1n) is 6.97. The smallest absolute Gasteiger partial charge is 0.307 e. The van der Waals surface area contributed by atoms with Gasteiger partial charge in [0.2, 0.25) is 0 Å². The average molecular weight is 317 g/mol. The summed E-state index contributed by atoms with van der Waals surface area (Å²) < 4.78 is 28.4. The number of carbonyl (C=O) groups excluding carboxylic acids is 1. The van der Waals surface area contributed by atoms with Crippen LogP contribution in [0, 0.1) is 0 Å². The Morgan fingerprint density at radius 3 is 2.71 bits per heavy atom. The Kier molecular flexibility index (Phi) is 6.19. The molecule has 0 fully saturated rings. The van der Waals surface area contributed by atoms with E-state index in [-0.39, 0.29) is 23.4 Å². The molecule has 1 N–H and O–H groups in total. The summed E-state index contributed by atoms with van der Waals surface area (Å²) in [6.45, 7) is 4.04. The molecule has 0 aliphatic carbocycles. The van der Waals surface area contributed by atoms with Crippen LogP contribution in [0.25, 0.3) is 0 Å². The van der Waals surface area contributed by atoms with Crippen LogP contribution in [0.2, 0.25) is 0 Å². The predicted molar refractivity (Wildman–Crippen MR) is 79.8 cm³/mol. The van der Waals surface area contributed by atoms with Crippen LogP contribution in [0.15, 0.2) is 6.20 Å². The summed E-state index contributed by atoms with van der Waals surface area (Å²) in [6.07, 6.45) is 6.51. The largest absolute Gasteiger partial charge is 0.359 e. The number of aryl methyl sites for hydroxylation is 1. The molecule has 0 saturated carbocycles. The van der Waals surface area contributed by atoms with E-state index in [2.05, 4.69) is 17.3 Å². The summed E-state index contributed by atoms with van der Waals surface area (Å²) in [7, 11) is -2.13. The van der Waals surface area contributed by atoms with Crippen LogP contribution in [-0.4, -0.2) is 36.4 Å². The number of hydrogen-bond acceptors (Lipinski definition) is 5. The Balaban J connectivity index is 2.73. The van der Waals surface area contributed by atoms with Gasteiger partial charge in [-0.15, -0.1) is 5.10 Å². The third kappa shape index (κ3) is 6.16. The molecule has 1 atom stereocenters. The van der Waals surface area contributed by atoms with Crippen LogP contribution in [0.3, 0.4) is 0 Å². The number of amides is 1. The number of nitrogens with zero attached hydrogens (tertiary/aromatic N) is 2. The molecule has 120 valence electrons. The van der Waals surface area contributed by atoms with Gasteiger partial charge in [0, 0.05) is 19.3 Å². The maximum absolute atomic E-state index is 12.2. The topological polar surface area (TPSA) is 90.3 Å². The van der Waals surface area contributed by atoms with Gasteiger partial charge in [-0.05, 0) is 13.3 Å². The molecule has 0 radical (unpaired) electrons. The molecule has 0 bridgehead atoms. The lowest BCUT2D eigenvalue weighted by Gasteiger charge is -2.13. The summed E-state index contributed by atoms with van der Waals surface area (Å²) in [5.41, 5.74) is 0.116. The Labute approximate surface area is 125 Å². The lowest BCUT2D eigenvalue weighted by molar-refractivity contribution is 0.0936. The molecular formula is C13H23N3O4S. The maximum Gasteiger partial charge on any atom is 0.307 e. The van der Waals surface area contributed by atoms with Gasteiger partial charge in [0.15, 0.2) is 0 Å². The average Bonchev–Trinajstić information content (AvgIpc) is 2.68. The van der Waals surface area contributed by atoms with Crippen molar-refractivity contribution in [2.45, 2.75) is 45.6 Å². The molecule has 0 aliphatic rings. The molecule has 21 heavy (non-hydrogen) atoms. The standard InChI is InChI=1S/C13H23N3O4S/c1-5-6-7-8-10(2)14-12(17)11-9-16(3)15-13(11)20-21(4,18)19/h9-10H,5-8H2,1-4H3,(H,14,17). The van der Waals surface area contributed by atoms with E-state index >= 15 is 0 Å². The summed E-state index contributed by atoms with van der Waals surface area (Å²) in [5, 5.41) is 6.68. The fourth-order valence-corrected chi connectivity index (χ4v) is 2.31. The third-order valence-corrected chi connectivity index (χ3v) is 3.35. The van der Waals surface area contributed by atoms with Gasteiger partial charge in [0.05, 0.1) is 6.26 Å². The minimum absolute atomic E-state index is 0.00957. The van der Waals surface area contributed by atoms with Crippen LogP contribution in [0.1, 0.15) is 49.9 Å². The Bertz CT molecular complexity index is 580. The first-order chi connectivity index (χ1) is 9.73. The molecule has 0 spiro atoms. The van der Waals surface area contributed by atoms with Crippen LogP contribution in [-0.2, 0) is 17.2 Å². The van der Waals surface area contributed by atoms with Crippen molar-refractivity contribution in [3.63, 3.8) is 0 Å². The van der Waals surface area contributed by atoms with Gasteiger partial charge in [-0.3, -0.25) is 9.48 Å². The summed E-state index contributed by atoms with van der Waals surface area (Å²) >= 11 is 0. The predicted octanol–water partition coefficient (Wildman–Crippen LogP) is 1.46. The maximum atomic E-state index is 12.2. The lowest BCUT2D eigenvalue weighted by atomic mass is 10.1. The monoisotopic (exact) mass is 317 g/mol. The van der Waals surface area contributed by atoms with E-state index in [1.165, 1.54) is 10.9 Å². The number of unbranched alkanes of at least 4 members (excludes halogenated alkanes) is 2. The zero-order valence-electron chi connectivity index (χ0n) is 12.9. The molecule has 1 aromatic heterocycles. The number of hydrogen-bond donors (Lipinski definition) is 1. The van der Waals surface area contributed by atoms with E-state index in [0.717, 1.165) is 31.9 Å². The molecule has 0 saturated heterocycles. The van der Waals surface area contributed by atoms with Gasteiger partial charge >= 0.3 is 10.1 Å². The Morgan fingerprint density at radius 1 is 1.48 bits per heavy atom. The van der Waals surface area contributed by atoms with Gasteiger partial charge in [-0.25, -0.2) is 0 Å². The molecule has 1 heterocycles. The minimum atomic E-state index is -3.72. The van der Waals surface area contributed by atoms with Crippen molar-refractivity contribution in [1.82, 2.24) is 15.1 Å². The van der Waals surface area contributed by atoms with Crippen LogP contribution < -0.4 is 9.50 Å². The van der Waals surface area contributed by atoms with Crippen molar-refractivity contribution in [1.29, 1.82) is 0 Å². The second-order valence-electron chi connectivity index (χ2n) is 5.18. The first-order valence-corrected chi connectivity index (χ1v) is 8.78. The second-order valence-corrected chi connectivity index (χ2v) is 6.75. The van der Waals surface area contributed by atoms with E-state index in [9.17, 15) is 13.2 Å². The van der Waals surface area contributed by atoms with Crippen molar-refractivity contribution >= 4 is 16.0 Å². The summed E-state index contributed by atoms with van der Waals surface area (Å²) in [4.78, 5) is 12.2. The molecule has 7 nitrogen and oxygen atoms in total. The summed E-state index contributed by atoms with van der Waals surface area (Å²) in [6, 6.07) is 0.00957. The van der Waals surface area contributed by atoms with E-state index in [0.29, 0.717) is 0 Å². The number of carbonyl (C=O) groups is 1. The van der Waals surface area contributed by atoms with E-state index in [4.69, 9.17) is 4.18 Å². The fourth-order valence-electron chi connectivity index (χ4n) is 1.90. The van der Waals surface area contributed by atoms with Crippen LogP contribution in [0.4, 0.5) is 0 Å². The van der Waals surface area contributed by atoms with Crippen molar-refractivity contribution in [3.8, 4) is 5.88 Å². The van der Waals surface area contributed by atoms with Gasteiger partial charge in [0.25, 0.3) is 11.8 Å². The minimum Gasteiger partial charge on any atom is -0.359 e. The zero-order chi connectivity index (χ0) is 16.0. The molecule has 1 unspecified atom stereocenters. The molecule has 1 amide bonds. The molecule has 0 aromatic carbocycles. The SMILES string of the molecule is CCCCCC(C)NC(=O)c1cn(C)nc1OS(C)(=O)=O. The molecule has 1 aromatic rings. The normalized spacial score (nSPS) is 13.0. The van der Waals surface area contributed by atoms with Crippen molar-refractivity contribution in [2.75, 3.05) is 6.26 Å². The highest BCUT2D eigenvalue weighted by molar-refractivity contribution is 7.86. The molecular weight excluding hydrogens is 294 g/mol. The van der Waals surface area contributed by atoms with Gasteiger partial charge in [-0.2, -0.15) is 8.42 Å². The quantitative estimate of drug-likeness (QED) is 0.579. The third-order valence-electron chi connectivity index (χ3n) is 2.89. The van der Waals surface area contributed by atoms with Gasteiger partial charge in [0.1, 0.15) is 5.56 Å². The molecule has 8 heteroatoms. The van der Waals surface area contributed by atoms with Crippen molar-refractivity contribution in [3.05, 3.63) is 11.8 Å². The number of rotatable bonds is 8. The fraction of sp³-hybridized carbons (Fsp3) is 0.692. The molecule has 1 rings (SSSR count). The lowest BCUT2D eigenvalue weighted by Crippen LogP contribution is -2.32. The van der Waals surface area contributed by atoms with Crippen LogP contribution >= 0.6 is 0 Å². The highest BCUT2D eigenvalue weighted by atomic mass is 32.2. The first kappa shape index (κ1) is 17.5. The van der Waals surface area contributed by atoms with Gasteiger partial charge < -0.3 is 9.50 Å². The Hall–Kier alpha value is -1.57. The zero-order valence-corrected chi connectivity index (χ0v) is 13.7. The van der Waals surface area contributed by atoms with E-state index in [1.54, 1.807) is 7.05 Å². The Morgan fingerprint density at radius 2 is 2.14 bits per heavy atom. The van der Waals surface area contributed by atoms with E-state index in [1.807, 2.05) is 6.92 Å². The van der Waals surface area contributed by atoms with Crippen molar-refractivity contribution in [2.24, 2.45) is 7.05 Å². The number of nitrogens with one attached hydrogen (secondary N) is 1. The van der Waals surface area contributed by atoms with E-state index < -0.39 is 10.1 Å². The van der Waals surface area contributed by atoms with Crippen LogP contribution in [0.5, 0.6) is 5.88 Å². The summed E-state index contributed by atoms with van der Waals surface area (Å²) in [5.74, 6) is -0.580. The highest BCUT2D eigenvalue weighted by Crippen LogP contribution is 2.17. The number of aromatic nitrogens is 2. The second kappa shape index (κ2) is 7.44. The van der Waals surface area contributed by atoms with Crippen molar-refractivity contribution < 1.29 is 17.4 Å². The van der Waals surface area contributed by atoms with Gasteiger partial charge in [-0.1, -0.05) is 26.2 Å². The highest BCUT2D eigenvalue weighted by Gasteiger charge is 2.21. The molecule has 0 aliphatic heterocycles.